The highest BCUT2D eigenvalue weighted by Gasteiger charge is 2.05. The minimum absolute atomic E-state index is 0.684. The Balaban J connectivity index is 1.40. The van der Waals surface area contributed by atoms with E-state index in [4.69, 9.17) is 9.15 Å². The molecule has 0 unspecified atom stereocenters. The third kappa shape index (κ3) is 3.99. The molecule has 128 valence electrons. The van der Waals surface area contributed by atoms with Gasteiger partial charge in [-0.15, -0.1) is 11.3 Å². The Bertz CT molecular complexity index is 978. The van der Waals surface area contributed by atoms with Crippen LogP contribution in [0.4, 0.5) is 5.13 Å². The largest absolute Gasteiger partial charge is 0.463 e. The zero-order valence-electron chi connectivity index (χ0n) is 13.7. The van der Waals surface area contributed by atoms with Crippen LogP contribution in [0.1, 0.15) is 5.76 Å². The number of benzene rings is 2. The first kappa shape index (κ1) is 16.1. The van der Waals surface area contributed by atoms with E-state index in [0.717, 1.165) is 22.8 Å². The maximum Gasteiger partial charge on any atom is 0.203 e. The zero-order valence-corrected chi connectivity index (χ0v) is 14.5. The molecule has 2 aromatic heterocycles. The molecule has 4 rings (SSSR count). The van der Waals surface area contributed by atoms with E-state index in [1.165, 1.54) is 11.3 Å². The molecule has 5 nitrogen and oxygen atoms in total. The fourth-order valence-electron chi connectivity index (χ4n) is 2.29. The van der Waals surface area contributed by atoms with Crippen LogP contribution in [0.2, 0.25) is 0 Å². The van der Waals surface area contributed by atoms with Gasteiger partial charge in [0.2, 0.25) is 5.13 Å². The smallest absolute Gasteiger partial charge is 0.203 e. The van der Waals surface area contributed by atoms with Crippen molar-refractivity contribution in [2.24, 2.45) is 5.10 Å². The van der Waals surface area contributed by atoms with Crippen LogP contribution in [0.3, 0.4) is 0 Å². The molecule has 0 saturated heterocycles. The number of furan rings is 1. The highest BCUT2D eigenvalue weighted by atomic mass is 32.1. The summed E-state index contributed by atoms with van der Waals surface area (Å²) in [6.07, 6.45) is 3.21. The summed E-state index contributed by atoms with van der Waals surface area (Å²) in [4.78, 5) is 4.54. The maximum absolute atomic E-state index is 5.80. The van der Waals surface area contributed by atoms with E-state index in [1.807, 2.05) is 72.1 Å². The van der Waals surface area contributed by atoms with Crippen molar-refractivity contribution < 1.29 is 9.15 Å². The molecule has 4 aromatic rings. The van der Waals surface area contributed by atoms with Gasteiger partial charge in [0.15, 0.2) is 0 Å². The first-order chi connectivity index (χ1) is 12.9. The summed E-state index contributed by atoms with van der Waals surface area (Å²) >= 11 is 1.49. The van der Waals surface area contributed by atoms with Gasteiger partial charge in [0.25, 0.3) is 0 Å². The number of hydrazone groups is 1. The molecule has 2 heterocycles. The highest BCUT2D eigenvalue weighted by molar-refractivity contribution is 7.14. The molecule has 2 aromatic carbocycles. The molecule has 0 aliphatic carbocycles. The van der Waals surface area contributed by atoms with Gasteiger partial charge in [-0.2, -0.15) is 5.10 Å². The number of thiazole rings is 1. The second kappa shape index (κ2) is 7.67. The highest BCUT2D eigenvalue weighted by Crippen LogP contribution is 2.28. The molecule has 6 heteroatoms. The van der Waals surface area contributed by atoms with Crippen LogP contribution >= 0.6 is 11.3 Å². The van der Waals surface area contributed by atoms with Gasteiger partial charge in [0.1, 0.15) is 17.3 Å². The zero-order chi connectivity index (χ0) is 17.6. The predicted molar refractivity (Wildman–Crippen MR) is 104 cm³/mol. The van der Waals surface area contributed by atoms with E-state index < -0.39 is 0 Å². The lowest BCUT2D eigenvalue weighted by Crippen LogP contribution is -1.89. The molecule has 0 radical (unpaired) electrons. The Labute approximate surface area is 154 Å². The molecule has 0 aliphatic heterocycles. The summed E-state index contributed by atoms with van der Waals surface area (Å²) in [5, 5.41) is 6.81. The average Bonchev–Trinajstić information content (AvgIpc) is 3.36. The average molecular weight is 361 g/mol. The van der Waals surface area contributed by atoms with Crippen molar-refractivity contribution >= 4 is 22.7 Å². The van der Waals surface area contributed by atoms with E-state index >= 15 is 0 Å². The minimum Gasteiger partial charge on any atom is -0.463 e. The second-order valence-corrected chi connectivity index (χ2v) is 6.22. The number of hydrogen-bond donors (Lipinski definition) is 1. The van der Waals surface area contributed by atoms with E-state index in [1.54, 1.807) is 12.5 Å². The fraction of sp³-hybridized carbons (Fsp3) is 0. The lowest BCUT2D eigenvalue weighted by molar-refractivity contribution is 0.483. The summed E-state index contributed by atoms with van der Waals surface area (Å²) < 4.78 is 11.0. The van der Waals surface area contributed by atoms with Crippen LogP contribution in [-0.4, -0.2) is 11.2 Å². The van der Waals surface area contributed by atoms with Crippen molar-refractivity contribution in [3.8, 4) is 22.8 Å². The molecule has 0 bridgehead atoms. The number of rotatable bonds is 6. The van der Waals surface area contributed by atoms with Crippen LogP contribution in [0.25, 0.3) is 11.3 Å². The van der Waals surface area contributed by atoms with Crippen molar-refractivity contribution in [3.63, 3.8) is 0 Å². The Morgan fingerprint density at radius 1 is 0.962 bits per heavy atom. The maximum atomic E-state index is 5.80. The van der Waals surface area contributed by atoms with E-state index in [-0.39, 0.29) is 0 Å². The topological polar surface area (TPSA) is 59.7 Å². The van der Waals surface area contributed by atoms with Crippen molar-refractivity contribution in [3.05, 3.63) is 84.1 Å². The Kier molecular flexibility index (Phi) is 4.75. The van der Waals surface area contributed by atoms with E-state index in [0.29, 0.717) is 10.9 Å². The number of para-hydroxylation sites is 1. The van der Waals surface area contributed by atoms with Crippen molar-refractivity contribution in [2.45, 2.75) is 0 Å². The first-order valence-electron chi connectivity index (χ1n) is 7.98. The summed E-state index contributed by atoms with van der Waals surface area (Å²) in [7, 11) is 0. The number of aromatic nitrogens is 1. The van der Waals surface area contributed by atoms with Crippen LogP contribution in [0, 0.1) is 0 Å². The number of ether oxygens (including phenoxy) is 1. The number of anilines is 1. The lowest BCUT2D eigenvalue weighted by Gasteiger charge is -2.05. The van der Waals surface area contributed by atoms with Crippen LogP contribution in [0.15, 0.2) is 87.9 Å². The first-order valence-corrected chi connectivity index (χ1v) is 8.86. The van der Waals surface area contributed by atoms with Gasteiger partial charge in [0.05, 0.1) is 18.2 Å². The second-order valence-electron chi connectivity index (χ2n) is 5.36. The molecule has 0 spiro atoms. The molecule has 0 atom stereocenters. The van der Waals surface area contributed by atoms with Crippen molar-refractivity contribution in [1.29, 1.82) is 0 Å². The molecule has 1 N–H and O–H groups in total. The molecule has 26 heavy (non-hydrogen) atoms. The normalized spacial score (nSPS) is 10.9. The third-order valence-corrected chi connectivity index (χ3v) is 4.28. The standard InChI is InChI=1S/C20H15N3O2S/c1-2-5-16(6-3-1)25-17-10-8-15(9-11-17)19-14-26-20(22-19)23-21-13-18-7-4-12-24-18/h1-14H,(H,22,23)/b21-13-. The molecule has 0 fully saturated rings. The third-order valence-electron chi connectivity index (χ3n) is 3.53. The van der Waals surface area contributed by atoms with Gasteiger partial charge in [-0.3, -0.25) is 5.43 Å². The minimum atomic E-state index is 0.684. The SMILES string of the molecule is C(=N/Nc1nc(-c2ccc(Oc3ccccc3)cc2)cs1)/c1ccco1. The molecular formula is C20H15N3O2S. The van der Waals surface area contributed by atoms with Gasteiger partial charge in [-0.25, -0.2) is 4.98 Å². The quantitative estimate of drug-likeness (QED) is 0.356. The van der Waals surface area contributed by atoms with Crippen molar-refractivity contribution in [1.82, 2.24) is 4.98 Å². The van der Waals surface area contributed by atoms with E-state index in [9.17, 15) is 0 Å². The van der Waals surface area contributed by atoms with E-state index in [2.05, 4.69) is 15.5 Å². The molecule has 0 amide bonds. The summed E-state index contributed by atoms with van der Waals surface area (Å²) in [6.45, 7) is 0. The van der Waals surface area contributed by atoms with Gasteiger partial charge < -0.3 is 9.15 Å². The summed E-state index contributed by atoms with van der Waals surface area (Å²) in [5.41, 5.74) is 4.81. The lowest BCUT2D eigenvalue weighted by atomic mass is 10.2. The van der Waals surface area contributed by atoms with Gasteiger partial charge >= 0.3 is 0 Å². The molecule has 0 aliphatic rings. The van der Waals surface area contributed by atoms with Crippen LogP contribution in [0.5, 0.6) is 11.5 Å². The Hall–Kier alpha value is -3.38. The van der Waals surface area contributed by atoms with Gasteiger partial charge in [0, 0.05) is 10.9 Å². The number of nitrogens with one attached hydrogen (secondary N) is 1. The Morgan fingerprint density at radius 2 is 1.77 bits per heavy atom. The number of nitrogens with zero attached hydrogens (tertiary/aromatic N) is 2. The van der Waals surface area contributed by atoms with Gasteiger partial charge in [-0.1, -0.05) is 18.2 Å². The summed E-state index contributed by atoms with van der Waals surface area (Å²) in [5.74, 6) is 2.29. The van der Waals surface area contributed by atoms with Gasteiger partial charge in [-0.05, 0) is 48.5 Å². The fourth-order valence-corrected chi connectivity index (χ4v) is 2.96. The monoisotopic (exact) mass is 361 g/mol. The predicted octanol–water partition coefficient (Wildman–Crippen LogP) is 5.64. The number of hydrogen-bond acceptors (Lipinski definition) is 6. The molecule has 0 saturated carbocycles. The van der Waals surface area contributed by atoms with Crippen LogP contribution < -0.4 is 10.2 Å². The molecular weight excluding hydrogens is 346 g/mol. The summed E-state index contributed by atoms with van der Waals surface area (Å²) in [6, 6.07) is 21.2. The van der Waals surface area contributed by atoms with Crippen molar-refractivity contribution in [2.75, 3.05) is 5.43 Å². The Morgan fingerprint density at radius 3 is 2.54 bits per heavy atom. The van der Waals surface area contributed by atoms with Crippen LogP contribution in [-0.2, 0) is 0 Å².